The number of benzene rings is 1. The van der Waals surface area contributed by atoms with Crippen molar-refractivity contribution in [2.75, 3.05) is 24.5 Å². The van der Waals surface area contributed by atoms with Crippen LogP contribution in [0.2, 0.25) is 0 Å². The zero-order chi connectivity index (χ0) is 13.9. The minimum atomic E-state index is 0.110. The Balaban J connectivity index is 1.73. The predicted octanol–water partition coefficient (Wildman–Crippen LogP) is 2.44. The highest BCUT2D eigenvalue weighted by molar-refractivity contribution is 5.97. The van der Waals surface area contributed by atoms with E-state index >= 15 is 0 Å². The van der Waals surface area contributed by atoms with E-state index in [0.29, 0.717) is 6.42 Å². The highest BCUT2D eigenvalue weighted by Crippen LogP contribution is 2.22. The second-order valence-electron chi connectivity index (χ2n) is 5.55. The lowest BCUT2D eigenvalue weighted by molar-refractivity contribution is -0.119. The van der Waals surface area contributed by atoms with Crippen LogP contribution in [0.3, 0.4) is 0 Å². The lowest BCUT2D eigenvalue weighted by atomic mass is 10.1. The van der Waals surface area contributed by atoms with E-state index in [1.165, 1.54) is 0 Å². The van der Waals surface area contributed by atoms with Gasteiger partial charge in [0, 0.05) is 37.3 Å². The van der Waals surface area contributed by atoms with Gasteiger partial charge in [-0.1, -0.05) is 0 Å². The summed E-state index contributed by atoms with van der Waals surface area (Å²) in [6, 6.07) is 7.48. The van der Waals surface area contributed by atoms with Gasteiger partial charge in [-0.3, -0.25) is 9.59 Å². The van der Waals surface area contributed by atoms with Crippen LogP contribution in [0.1, 0.15) is 42.5 Å². The van der Waals surface area contributed by atoms with Crippen molar-refractivity contribution in [3.8, 4) is 0 Å². The molecule has 2 amide bonds. The normalized spacial score (nSPS) is 19.5. The molecular formula is C16H20N2O2. The van der Waals surface area contributed by atoms with Crippen LogP contribution in [0.25, 0.3) is 0 Å². The molecule has 106 valence electrons. The largest absolute Gasteiger partial charge is 0.339 e. The molecule has 0 saturated carbocycles. The Morgan fingerprint density at radius 2 is 1.55 bits per heavy atom. The summed E-state index contributed by atoms with van der Waals surface area (Å²) in [5.74, 6) is 0.300. The maximum atomic E-state index is 12.2. The molecule has 0 spiro atoms. The minimum absolute atomic E-state index is 0.110. The summed E-state index contributed by atoms with van der Waals surface area (Å²) in [5.41, 5.74) is 1.63. The average molecular weight is 272 g/mol. The molecule has 4 nitrogen and oxygen atoms in total. The van der Waals surface area contributed by atoms with E-state index < -0.39 is 0 Å². The molecule has 4 heteroatoms. The Morgan fingerprint density at radius 1 is 0.900 bits per heavy atom. The number of hydrogen-bond donors (Lipinski definition) is 0. The van der Waals surface area contributed by atoms with Gasteiger partial charge >= 0.3 is 0 Å². The quantitative estimate of drug-likeness (QED) is 0.829. The fourth-order valence-corrected chi connectivity index (χ4v) is 2.97. The zero-order valence-electron chi connectivity index (χ0n) is 11.7. The second kappa shape index (κ2) is 5.65. The first-order valence-corrected chi connectivity index (χ1v) is 7.45. The maximum absolute atomic E-state index is 12.2. The molecule has 2 saturated heterocycles. The maximum Gasteiger partial charge on any atom is 0.253 e. The van der Waals surface area contributed by atoms with Gasteiger partial charge in [-0.05, 0) is 49.9 Å². The van der Waals surface area contributed by atoms with Crippen LogP contribution < -0.4 is 4.90 Å². The highest BCUT2D eigenvalue weighted by atomic mass is 16.2. The van der Waals surface area contributed by atoms with Crippen LogP contribution in [0.15, 0.2) is 24.3 Å². The first-order valence-electron chi connectivity index (χ1n) is 7.45. The van der Waals surface area contributed by atoms with E-state index in [-0.39, 0.29) is 11.8 Å². The average Bonchev–Trinajstić information content (AvgIpc) is 3.01. The van der Waals surface area contributed by atoms with Crippen molar-refractivity contribution in [3.05, 3.63) is 29.8 Å². The van der Waals surface area contributed by atoms with Crippen molar-refractivity contribution in [1.82, 2.24) is 4.90 Å². The number of nitrogens with zero attached hydrogens (tertiary/aromatic N) is 2. The van der Waals surface area contributed by atoms with Crippen LogP contribution in [0.5, 0.6) is 0 Å². The summed E-state index contributed by atoms with van der Waals surface area (Å²) < 4.78 is 0. The molecule has 1 aromatic carbocycles. The van der Waals surface area contributed by atoms with Crippen LogP contribution >= 0.6 is 0 Å². The van der Waals surface area contributed by atoms with Crippen molar-refractivity contribution < 1.29 is 9.59 Å². The molecule has 0 unspecified atom stereocenters. The number of carbonyl (C=O) groups is 2. The fraction of sp³-hybridized carbons (Fsp3) is 0.500. The third kappa shape index (κ3) is 2.55. The van der Waals surface area contributed by atoms with Crippen molar-refractivity contribution in [1.29, 1.82) is 0 Å². The topological polar surface area (TPSA) is 40.6 Å². The highest BCUT2D eigenvalue weighted by Gasteiger charge is 2.21. The van der Waals surface area contributed by atoms with Gasteiger partial charge in [-0.25, -0.2) is 0 Å². The first kappa shape index (κ1) is 13.2. The molecule has 2 fully saturated rings. The van der Waals surface area contributed by atoms with Gasteiger partial charge in [0.1, 0.15) is 0 Å². The monoisotopic (exact) mass is 272 g/mol. The van der Waals surface area contributed by atoms with Gasteiger partial charge in [-0.2, -0.15) is 0 Å². The van der Waals surface area contributed by atoms with E-state index in [0.717, 1.165) is 56.6 Å². The number of carbonyl (C=O) groups excluding carboxylic acids is 2. The number of hydrogen-bond acceptors (Lipinski definition) is 2. The molecule has 3 rings (SSSR count). The molecule has 2 aliphatic heterocycles. The molecule has 0 N–H and O–H groups in total. The Morgan fingerprint density at radius 3 is 2.20 bits per heavy atom. The third-order valence-corrected chi connectivity index (χ3v) is 4.14. The summed E-state index contributed by atoms with van der Waals surface area (Å²) in [5, 5.41) is 0. The van der Waals surface area contributed by atoms with E-state index in [4.69, 9.17) is 0 Å². The summed E-state index contributed by atoms with van der Waals surface area (Å²) in [7, 11) is 0. The van der Waals surface area contributed by atoms with Gasteiger partial charge in [0.05, 0.1) is 0 Å². The molecule has 0 bridgehead atoms. The zero-order valence-corrected chi connectivity index (χ0v) is 11.7. The smallest absolute Gasteiger partial charge is 0.253 e. The Hall–Kier alpha value is -1.84. The summed E-state index contributed by atoms with van der Waals surface area (Å²) in [6.07, 6.45) is 4.88. The van der Waals surface area contributed by atoms with E-state index in [1.54, 1.807) is 0 Å². The molecule has 2 heterocycles. The molecular weight excluding hydrogens is 252 g/mol. The number of anilines is 1. The molecule has 20 heavy (non-hydrogen) atoms. The molecule has 0 aromatic heterocycles. The minimum Gasteiger partial charge on any atom is -0.339 e. The SMILES string of the molecule is O=C(c1ccc(N2CCCCC2=O)cc1)N1CCCC1. The van der Waals surface area contributed by atoms with E-state index in [2.05, 4.69) is 0 Å². The van der Waals surface area contributed by atoms with Crippen LogP contribution in [-0.2, 0) is 4.79 Å². The predicted molar refractivity (Wildman–Crippen MR) is 77.8 cm³/mol. The Bertz CT molecular complexity index is 504. The van der Waals surface area contributed by atoms with Crippen LogP contribution in [-0.4, -0.2) is 36.3 Å². The lowest BCUT2D eigenvalue weighted by Crippen LogP contribution is -2.35. The van der Waals surface area contributed by atoms with Crippen molar-refractivity contribution in [2.45, 2.75) is 32.1 Å². The second-order valence-corrected chi connectivity index (χ2v) is 5.55. The lowest BCUT2D eigenvalue weighted by Gasteiger charge is -2.27. The third-order valence-electron chi connectivity index (χ3n) is 4.14. The van der Waals surface area contributed by atoms with Crippen molar-refractivity contribution in [2.24, 2.45) is 0 Å². The number of piperidine rings is 1. The van der Waals surface area contributed by atoms with Gasteiger partial charge in [0.15, 0.2) is 0 Å². The summed E-state index contributed by atoms with van der Waals surface area (Å²) >= 11 is 0. The molecule has 1 aromatic rings. The van der Waals surface area contributed by atoms with E-state index in [1.807, 2.05) is 34.1 Å². The number of rotatable bonds is 2. The van der Waals surface area contributed by atoms with Crippen LogP contribution in [0, 0.1) is 0 Å². The standard InChI is InChI=1S/C16H20N2O2/c19-15-5-1-2-12-18(15)14-8-6-13(7-9-14)16(20)17-10-3-4-11-17/h6-9H,1-5,10-12H2. The van der Waals surface area contributed by atoms with Crippen LogP contribution in [0.4, 0.5) is 5.69 Å². The van der Waals surface area contributed by atoms with E-state index in [9.17, 15) is 9.59 Å². The first-order chi connectivity index (χ1) is 9.75. The van der Waals surface area contributed by atoms with Gasteiger partial charge in [-0.15, -0.1) is 0 Å². The van der Waals surface area contributed by atoms with Crippen molar-refractivity contribution >= 4 is 17.5 Å². The number of likely N-dealkylation sites (tertiary alicyclic amines) is 1. The van der Waals surface area contributed by atoms with Gasteiger partial charge in [0.2, 0.25) is 5.91 Å². The van der Waals surface area contributed by atoms with Gasteiger partial charge in [0.25, 0.3) is 5.91 Å². The molecule has 0 radical (unpaired) electrons. The van der Waals surface area contributed by atoms with Crippen molar-refractivity contribution in [3.63, 3.8) is 0 Å². The molecule has 2 aliphatic rings. The Kier molecular flexibility index (Phi) is 3.72. The Labute approximate surface area is 119 Å². The summed E-state index contributed by atoms with van der Waals surface area (Å²) in [4.78, 5) is 27.8. The van der Waals surface area contributed by atoms with Gasteiger partial charge < -0.3 is 9.80 Å². The molecule has 0 aliphatic carbocycles. The number of amides is 2. The summed E-state index contributed by atoms with van der Waals surface area (Å²) in [6.45, 7) is 2.52. The molecule has 0 atom stereocenters. The fourth-order valence-electron chi connectivity index (χ4n) is 2.97.